The van der Waals surface area contributed by atoms with Crippen molar-refractivity contribution in [2.45, 2.75) is 40.0 Å². The summed E-state index contributed by atoms with van der Waals surface area (Å²) in [7, 11) is 0. The Morgan fingerprint density at radius 1 is 0.974 bits per heavy atom. The first-order valence-electron chi connectivity index (χ1n) is 12.5. The van der Waals surface area contributed by atoms with Gasteiger partial charge in [-0.25, -0.2) is 4.90 Å². The Kier molecular flexibility index (Phi) is 6.34. The Hall–Kier alpha value is -4.34. The number of carbonyl (C=O) groups is 4. The summed E-state index contributed by atoms with van der Waals surface area (Å²) >= 11 is 0. The number of carbonyl (C=O) groups excluding carboxylic acids is 4. The lowest BCUT2D eigenvalue weighted by Gasteiger charge is -2.19. The largest absolute Gasteiger partial charge is 0.426 e. The molecule has 1 aliphatic carbocycles. The number of ether oxygens (including phenoxy) is 1. The molecule has 2 fully saturated rings. The molecule has 0 saturated carbocycles. The number of fused-ring (bicyclic) bond motifs is 1. The number of benzene rings is 2. The lowest BCUT2D eigenvalue weighted by molar-refractivity contribution is -0.385. The lowest BCUT2D eigenvalue weighted by Crippen LogP contribution is -2.31. The van der Waals surface area contributed by atoms with E-state index in [1.165, 1.54) is 21.9 Å². The number of aryl methyl sites for hydroxylation is 2. The maximum absolute atomic E-state index is 13.1. The fraction of sp³-hybridized carbons (Fsp3) is 0.357. The number of rotatable bonds is 5. The molecular formula is C28H27N3O7. The second-order valence-corrected chi connectivity index (χ2v) is 10.2. The van der Waals surface area contributed by atoms with Crippen molar-refractivity contribution in [1.82, 2.24) is 0 Å². The summed E-state index contributed by atoms with van der Waals surface area (Å²) in [5.41, 5.74) is 2.92. The molecule has 10 heteroatoms. The number of nitro groups is 1. The topological polar surface area (TPSA) is 127 Å². The molecule has 0 spiro atoms. The molecule has 2 saturated heterocycles. The molecule has 0 bridgehead atoms. The summed E-state index contributed by atoms with van der Waals surface area (Å²) in [6.45, 7) is 5.36. The second kappa shape index (κ2) is 9.51. The first kappa shape index (κ1) is 25.3. The zero-order valence-corrected chi connectivity index (χ0v) is 21.3. The van der Waals surface area contributed by atoms with Gasteiger partial charge >= 0.3 is 5.97 Å². The van der Waals surface area contributed by atoms with E-state index in [4.69, 9.17) is 4.74 Å². The fourth-order valence-electron chi connectivity index (χ4n) is 5.49. The van der Waals surface area contributed by atoms with E-state index in [0.717, 1.165) is 5.57 Å². The van der Waals surface area contributed by atoms with Gasteiger partial charge in [0, 0.05) is 24.6 Å². The zero-order valence-electron chi connectivity index (χ0n) is 21.3. The minimum atomic E-state index is -0.747. The Morgan fingerprint density at radius 2 is 1.71 bits per heavy atom. The lowest BCUT2D eigenvalue weighted by atomic mass is 9.82. The zero-order chi connectivity index (χ0) is 27.3. The van der Waals surface area contributed by atoms with Crippen LogP contribution >= 0.6 is 0 Å². The van der Waals surface area contributed by atoms with E-state index in [0.29, 0.717) is 35.3 Å². The average Bonchev–Trinajstić information content (AvgIpc) is 3.37. The van der Waals surface area contributed by atoms with Crippen molar-refractivity contribution in [3.05, 3.63) is 69.3 Å². The van der Waals surface area contributed by atoms with Gasteiger partial charge in [0.15, 0.2) is 0 Å². The number of anilines is 2. The SMILES string of the molecule is CC1=CC[C@@H]2C(=O)N(c3ccc(OC(=O)[C@@H]4CC(=O)N(c5ccc(C)c([N+](=O)[O-])c5)C4)cc3C)C(=O)[C@H]2C1. The predicted octanol–water partition coefficient (Wildman–Crippen LogP) is 4.02. The molecule has 3 aliphatic rings. The molecule has 10 nitrogen and oxygen atoms in total. The number of hydrogen-bond acceptors (Lipinski definition) is 7. The van der Waals surface area contributed by atoms with Crippen LogP contribution in [0.4, 0.5) is 17.1 Å². The Labute approximate surface area is 219 Å². The Bertz CT molecular complexity index is 1430. The van der Waals surface area contributed by atoms with E-state index in [2.05, 4.69) is 0 Å². The molecule has 2 aliphatic heterocycles. The van der Waals surface area contributed by atoms with E-state index < -0.39 is 16.8 Å². The molecule has 0 N–H and O–H groups in total. The van der Waals surface area contributed by atoms with Crippen molar-refractivity contribution in [3.8, 4) is 5.75 Å². The standard InChI is InChI=1S/C28H27N3O7/c1-15-4-8-21-22(10-15)27(34)30(26(21)33)23-9-7-20(11-17(23)3)38-28(35)18-12-25(32)29(14-18)19-6-5-16(2)24(13-19)31(36)37/h4-7,9,11,13,18,21-22H,8,10,12,14H2,1-3H3/t18-,21+,22+/m1/s1. The summed E-state index contributed by atoms with van der Waals surface area (Å²) in [6.07, 6.45) is 3.07. The van der Waals surface area contributed by atoms with E-state index >= 15 is 0 Å². The average molecular weight is 518 g/mol. The summed E-state index contributed by atoms with van der Waals surface area (Å²) < 4.78 is 5.55. The number of esters is 1. The normalized spacial score (nSPS) is 23.0. The number of nitro benzene ring substituents is 1. The third-order valence-corrected chi connectivity index (χ3v) is 7.61. The molecular weight excluding hydrogens is 490 g/mol. The number of nitrogens with zero attached hydrogens (tertiary/aromatic N) is 3. The van der Waals surface area contributed by atoms with Crippen molar-refractivity contribution in [2.75, 3.05) is 16.3 Å². The second-order valence-electron chi connectivity index (χ2n) is 10.2. The van der Waals surface area contributed by atoms with Gasteiger partial charge in [-0.15, -0.1) is 0 Å². The summed E-state index contributed by atoms with van der Waals surface area (Å²) in [5, 5.41) is 11.3. The highest BCUT2D eigenvalue weighted by molar-refractivity contribution is 6.22. The molecule has 3 amide bonds. The van der Waals surface area contributed by atoms with Gasteiger partial charge in [-0.3, -0.25) is 29.3 Å². The van der Waals surface area contributed by atoms with Crippen molar-refractivity contribution >= 4 is 40.8 Å². The Balaban J connectivity index is 1.28. The molecule has 38 heavy (non-hydrogen) atoms. The first-order valence-corrected chi connectivity index (χ1v) is 12.5. The summed E-state index contributed by atoms with van der Waals surface area (Å²) in [5.74, 6) is -2.54. The van der Waals surface area contributed by atoms with Crippen molar-refractivity contribution in [2.24, 2.45) is 17.8 Å². The smallest absolute Gasteiger partial charge is 0.316 e. The van der Waals surface area contributed by atoms with Gasteiger partial charge in [-0.05, 0) is 63.4 Å². The van der Waals surface area contributed by atoms with Crippen LogP contribution in [0.15, 0.2) is 48.0 Å². The maximum Gasteiger partial charge on any atom is 0.316 e. The van der Waals surface area contributed by atoms with Crippen LogP contribution in [0.25, 0.3) is 0 Å². The highest BCUT2D eigenvalue weighted by Gasteiger charge is 2.49. The van der Waals surface area contributed by atoms with Crippen molar-refractivity contribution in [1.29, 1.82) is 0 Å². The van der Waals surface area contributed by atoms with E-state index in [9.17, 15) is 29.3 Å². The summed E-state index contributed by atoms with van der Waals surface area (Å²) in [4.78, 5) is 65.0. The minimum absolute atomic E-state index is 0.0436. The number of allylic oxidation sites excluding steroid dienone is 2. The molecule has 3 atom stereocenters. The van der Waals surface area contributed by atoms with E-state index in [1.54, 1.807) is 38.1 Å². The monoisotopic (exact) mass is 517 g/mol. The van der Waals surface area contributed by atoms with Gasteiger partial charge in [-0.2, -0.15) is 0 Å². The molecule has 5 rings (SSSR count). The van der Waals surface area contributed by atoms with Crippen LogP contribution in [0.1, 0.15) is 37.3 Å². The number of imide groups is 1. The third-order valence-electron chi connectivity index (χ3n) is 7.61. The van der Waals surface area contributed by atoms with Gasteiger partial charge in [0.25, 0.3) is 5.69 Å². The van der Waals surface area contributed by atoms with E-state index in [1.807, 2.05) is 13.0 Å². The van der Waals surface area contributed by atoms with Crippen LogP contribution in [-0.4, -0.2) is 35.2 Å². The fourth-order valence-corrected chi connectivity index (χ4v) is 5.49. The van der Waals surface area contributed by atoms with Crippen LogP contribution in [0.3, 0.4) is 0 Å². The van der Waals surface area contributed by atoms with Gasteiger partial charge in [0.1, 0.15) is 5.75 Å². The highest BCUT2D eigenvalue weighted by atomic mass is 16.6. The quantitative estimate of drug-likeness (QED) is 0.146. The molecule has 2 heterocycles. The molecule has 196 valence electrons. The van der Waals surface area contributed by atoms with Crippen LogP contribution in [0.5, 0.6) is 5.75 Å². The predicted molar refractivity (Wildman–Crippen MR) is 138 cm³/mol. The van der Waals surface area contributed by atoms with Crippen LogP contribution in [0, 0.1) is 41.7 Å². The first-order chi connectivity index (χ1) is 18.0. The van der Waals surface area contributed by atoms with Gasteiger partial charge in [-0.1, -0.05) is 17.7 Å². The molecule has 2 aromatic carbocycles. The van der Waals surface area contributed by atoms with E-state index in [-0.39, 0.29) is 54.0 Å². The molecule has 0 unspecified atom stereocenters. The van der Waals surface area contributed by atoms with Crippen molar-refractivity contribution in [3.63, 3.8) is 0 Å². The van der Waals surface area contributed by atoms with Gasteiger partial charge in [0.05, 0.1) is 34.1 Å². The minimum Gasteiger partial charge on any atom is -0.426 e. The van der Waals surface area contributed by atoms with Gasteiger partial charge < -0.3 is 9.64 Å². The van der Waals surface area contributed by atoms with Crippen molar-refractivity contribution < 1.29 is 28.8 Å². The molecule has 2 aromatic rings. The van der Waals surface area contributed by atoms with Crippen LogP contribution < -0.4 is 14.5 Å². The number of amides is 3. The Morgan fingerprint density at radius 3 is 2.42 bits per heavy atom. The molecule has 0 radical (unpaired) electrons. The number of hydrogen-bond donors (Lipinski definition) is 0. The maximum atomic E-state index is 13.1. The highest BCUT2D eigenvalue weighted by Crippen LogP contribution is 2.41. The summed E-state index contributed by atoms with van der Waals surface area (Å²) in [6, 6.07) is 9.24. The molecule has 0 aromatic heterocycles. The third kappa shape index (κ3) is 4.36. The van der Waals surface area contributed by atoms with Crippen LogP contribution in [-0.2, 0) is 19.2 Å². The van der Waals surface area contributed by atoms with Gasteiger partial charge in [0.2, 0.25) is 17.7 Å². The van der Waals surface area contributed by atoms with Crippen LogP contribution in [0.2, 0.25) is 0 Å².